The van der Waals surface area contributed by atoms with E-state index in [1.807, 2.05) is 10.3 Å². The Kier molecular flexibility index (Phi) is 5.46. The van der Waals surface area contributed by atoms with Crippen molar-refractivity contribution < 1.29 is 13.2 Å². The molecule has 0 spiro atoms. The molecule has 3 aromatic rings. The molecule has 0 saturated carbocycles. The van der Waals surface area contributed by atoms with Crippen LogP contribution in [0.15, 0.2) is 42.2 Å². The second-order valence-corrected chi connectivity index (χ2v) is 7.66. The Morgan fingerprint density at radius 2 is 1.76 bits per heavy atom. The Bertz CT molecular complexity index is 940. The summed E-state index contributed by atoms with van der Waals surface area (Å²) < 4.78 is 40.3. The fraction of sp³-hybridized carbons (Fsp3) is 0.368. The third kappa shape index (κ3) is 4.38. The summed E-state index contributed by atoms with van der Waals surface area (Å²) in [7, 11) is 0. The first-order chi connectivity index (χ1) is 13.9. The Labute approximate surface area is 170 Å². The van der Waals surface area contributed by atoms with Crippen LogP contribution in [0.5, 0.6) is 0 Å². The average Bonchev–Trinajstić information content (AvgIpc) is 3.28. The monoisotopic (exact) mass is 420 g/mol. The summed E-state index contributed by atoms with van der Waals surface area (Å²) in [6.45, 7) is 4.70. The van der Waals surface area contributed by atoms with Crippen molar-refractivity contribution in [1.82, 2.24) is 24.8 Å². The molecule has 1 aliphatic rings. The van der Waals surface area contributed by atoms with Crippen molar-refractivity contribution in [1.29, 1.82) is 0 Å². The molecule has 0 aromatic carbocycles. The van der Waals surface area contributed by atoms with Crippen LogP contribution in [0.25, 0.3) is 11.4 Å². The van der Waals surface area contributed by atoms with Crippen LogP contribution < -0.4 is 4.90 Å². The van der Waals surface area contributed by atoms with E-state index in [9.17, 15) is 13.2 Å². The number of halogens is 3. The van der Waals surface area contributed by atoms with Crippen LogP contribution in [0.4, 0.5) is 19.0 Å². The van der Waals surface area contributed by atoms with E-state index in [1.54, 1.807) is 29.7 Å². The standard InChI is InChI=1S/C19H19F3N6S/c1-13(18-24-6-11-29-18)27-7-9-28(10-8-27)16-12-15(19(20,21)22)25-17(26-16)14-2-4-23-5-3-14/h2-6,11-13H,7-10H2,1H3. The summed E-state index contributed by atoms with van der Waals surface area (Å²) in [5.41, 5.74) is -0.434. The average molecular weight is 420 g/mol. The number of nitrogens with zero attached hydrogens (tertiary/aromatic N) is 6. The Hall–Kier alpha value is -2.59. The summed E-state index contributed by atoms with van der Waals surface area (Å²) in [5.74, 6) is 0.344. The van der Waals surface area contributed by atoms with Gasteiger partial charge in [0.2, 0.25) is 0 Å². The number of rotatable bonds is 4. The van der Waals surface area contributed by atoms with Crippen LogP contribution in [0.2, 0.25) is 0 Å². The first-order valence-corrected chi connectivity index (χ1v) is 10.0. The molecule has 29 heavy (non-hydrogen) atoms. The molecule has 1 fully saturated rings. The van der Waals surface area contributed by atoms with E-state index < -0.39 is 11.9 Å². The minimum absolute atomic E-state index is 0.0517. The molecule has 1 aliphatic heterocycles. The van der Waals surface area contributed by atoms with Crippen molar-refractivity contribution in [2.24, 2.45) is 0 Å². The highest BCUT2D eigenvalue weighted by molar-refractivity contribution is 7.09. The Morgan fingerprint density at radius 1 is 1.03 bits per heavy atom. The number of aromatic nitrogens is 4. The molecular formula is C19H19F3N6S. The van der Waals surface area contributed by atoms with Gasteiger partial charge in [-0.2, -0.15) is 13.2 Å². The lowest BCUT2D eigenvalue weighted by Gasteiger charge is -2.38. The maximum Gasteiger partial charge on any atom is 0.433 e. The number of thiazole rings is 1. The molecule has 6 nitrogen and oxygen atoms in total. The van der Waals surface area contributed by atoms with Crippen LogP contribution >= 0.6 is 11.3 Å². The predicted molar refractivity (Wildman–Crippen MR) is 105 cm³/mol. The summed E-state index contributed by atoms with van der Waals surface area (Å²) in [4.78, 5) is 20.6. The highest BCUT2D eigenvalue weighted by atomic mass is 32.1. The van der Waals surface area contributed by atoms with Crippen molar-refractivity contribution in [3.05, 3.63) is 52.9 Å². The smallest absolute Gasteiger partial charge is 0.354 e. The number of piperazine rings is 1. The van der Waals surface area contributed by atoms with Crippen LogP contribution in [0.1, 0.15) is 23.7 Å². The zero-order chi connectivity index (χ0) is 20.4. The van der Waals surface area contributed by atoms with Crippen molar-refractivity contribution in [2.45, 2.75) is 19.1 Å². The number of hydrogen-bond acceptors (Lipinski definition) is 7. The minimum atomic E-state index is -4.54. The van der Waals surface area contributed by atoms with Crippen LogP contribution in [-0.2, 0) is 6.18 Å². The SMILES string of the molecule is CC(c1nccs1)N1CCN(c2cc(C(F)(F)F)nc(-c3ccncc3)n2)CC1. The number of pyridine rings is 1. The summed E-state index contributed by atoms with van der Waals surface area (Å²) >= 11 is 1.61. The van der Waals surface area contributed by atoms with Crippen LogP contribution in [0.3, 0.4) is 0 Å². The topological polar surface area (TPSA) is 58.0 Å². The molecule has 0 aliphatic carbocycles. The molecule has 3 aromatic heterocycles. The molecule has 0 bridgehead atoms. The van der Waals surface area contributed by atoms with Crippen LogP contribution in [-0.4, -0.2) is 51.0 Å². The van der Waals surface area contributed by atoms with Gasteiger partial charge in [0.15, 0.2) is 11.5 Å². The highest BCUT2D eigenvalue weighted by Gasteiger charge is 2.35. The van der Waals surface area contributed by atoms with Crippen molar-refractivity contribution in [3.8, 4) is 11.4 Å². The minimum Gasteiger partial charge on any atom is -0.354 e. The van der Waals surface area contributed by atoms with Crippen molar-refractivity contribution in [3.63, 3.8) is 0 Å². The van der Waals surface area contributed by atoms with Gasteiger partial charge in [0.05, 0.1) is 6.04 Å². The second-order valence-electron chi connectivity index (χ2n) is 6.74. The fourth-order valence-corrected chi connectivity index (χ4v) is 4.04. The summed E-state index contributed by atoms with van der Waals surface area (Å²) in [5, 5.41) is 2.99. The normalized spacial score (nSPS) is 16.8. The summed E-state index contributed by atoms with van der Waals surface area (Å²) in [6.07, 6.45) is 0.266. The lowest BCUT2D eigenvalue weighted by molar-refractivity contribution is -0.141. The first kappa shape index (κ1) is 19.7. The molecular weight excluding hydrogens is 401 g/mol. The van der Waals surface area contributed by atoms with Crippen molar-refractivity contribution >= 4 is 17.2 Å². The molecule has 1 saturated heterocycles. The van der Waals surface area contributed by atoms with E-state index in [1.165, 1.54) is 12.4 Å². The molecule has 1 atom stereocenters. The molecule has 4 heterocycles. The molecule has 4 rings (SSSR count). The molecule has 0 N–H and O–H groups in total. The van der Waals surface area contributed by atoms with Gasteiger partial charge in [-0.15, -0.1) is 11.3 Å². The molecule has 0 amide bonds. The maximum absolute atomic E-state index is 13.4. The van der Waals surface area contributed by atoms with E-state index in [-0.39, 0.29) is 11.9 Å². The Balaban J connectivity index is 1.57. The molecule has 0 radical (unpaired) electrons. The quantitative estimate of drug-likeness (QED) is 0.638. The summed E-state index contributed by atoms with van der Waals surface area (Å²) in [6, 6.07) is 4.42. The van der Waals surface area contributed by atoms with Gasteiger partial charge in [-0.3, -0.25) is 9.88 Å². The van der Waals surface area contributed by atoms with E-state index >= 15 is 0 Å². The van der Waals surface area contributed by atoms with Crippen LogP contribution in [0, 0.1) is 0 Å². The molecule has 152 valence electrons. The number of alkyl halides is 3. The third-order valence-electron chi connectivity index (χ3n) is 4.94. The van der Waals surface area contributed by atoms with Gasteiger partial charge >= 0.3 is 6.18 Å². The van der Waals surface area contributed by atoms with Gasteiger partial charge < -0.3 is 4.90 Å². The van der Waals surface area contributed by atoms with Crippen molar-refractivity contribution in [2.75, 3.05) is 31.1 Å². The predicted octanol–water partition coefficient (Wildman–Crippen LogP) is 3.90. The zero-order valence-corrected chi connectivity index (χ0v) is 16.5. The first-order valence-electron chi connectivity index (χ1n) is 9.17. The van der Waals surface area contributed by atoms with E-state index in [4.69, 9.17) is 0 Å². The van der Waals surface area contributed by atoms with E-state index in [2.05, 4.69) is 31.8 Å². The van der Waals surface area contributed by atoms with Gasteiger partial charge in [0.25, 0.3) is 0 Å². The highest BCUT2D eigenvalue weighted by Crippen LogP contribution is 2.32. The zero-order valence-electron chi connectivity index (χ0n) is 15.7. The largest absolute Gasteiger partial charge is 0.433 e. The molecule has 1 unspecified atom stereocenters. The van der Waals surface area contributed by atoms with Gasteiger partial charge in [-0.05, 0) is 19.1 Å². The molecule has 10 heteroatoms. The van der Waals surface area contributed by atoms with E-state index in [0.29, 0.717) is 24.5 Å². The fourth-order valence-electron chi connectivity index (χ4n) is 3.31. The Morgan fingerprint density at radius 3 is 2.38 bits per heavy atom. The van der Waals surface area contributed by atoms with Gasteiger partial charge in [-0.1, -0.05) is 0 Å². The number of anilines is 1. The lowest BCUT2D eigenvalue weighted by Crippen LogP contribution is -2.47. The second kappa shape index (κ2) is 8.03. The lowest BCUT2D eigenvalue weighted by atomic mass is 10.2. The van der Waals surface area contributed by atoms with Gasteiger partial charge in [0.1, 0.15) is 10.8 Å². The maximum atomic E-state index is 13.4. The van der Waals surface area contributed by atoms with Gasteiger partial charge in [-0.25, -0.2) is 15.0 Å². The third-order valence-corrected chi connectivity index (χ3v) is 5.88. The van der Waals surface area contributed by atoms with E-state index in [0.717, 1.165) is 24.2 Å². The number of hydrogen-bond donors (Lipinski definition) is 0. The van der Waals surface area contributed by atoms with Gasteiger partial charge in [0, 0.05) is 61.8 Å².